The number of carbonyl (C=O) groups excluding carboxylic acids is 1. The number of rotatable bonds is 4. The van der Waals surface area contributed by atoms with Crippen molar-refractivity contribution in [3.63, 3.8) is 0 Å². The van der Waals surface area contributed by atoms with Gasteiger partial charge in [-0.1, -0.05) is 18.2 Å². The van der Waals surface area contributed by atoms with Crippen LogP contribution >= 0.6 is 0 Å². The van der Waals surface area contributed by atoms with Crippen LogP contribution in [0, 0.1) is 0 Å². The maximum atomic E-state index is 13.6. The van der Waals surface area contributed by atoms with Gasteiger partial charge in [0.1, 0.15) is 22.7 Å². The fraction of sp³-hybridized carbons (Fsp3) is 0.200. The molecule has 0 saturated heterocycles. The van der Waals surface area contributed by atoms with Crippen LogP contribution in [0.3, 0.4) is 0 Å². The van der Waals surface area contributed by atoms with Gasteiger partial charge in [-0.15, -0.1) is 13.2 Å². The first-order chi connectivity index (χ1) is 17.7. The van der Waals surface area contributed by atoms with Gasteiger partial charge in [-0.3, -0.25) is 19.3 Å². The Morgan fingerprint density at radius 2 is 1.92 bits per heavy atom. The normalized spacial score (nSPS) is 16.5. The Bertz CT molecular complexity index is 1420. The van der Waals surface area contributed by atoms with Gasteiger partial charge in [-0.2, -0.15) is 5.10 Å². The number of ether oxygens (including phenoxy) is 2. The molecule has 2 aromatic heterocycles. The number of carbonyl (C=O) groups is 2. The predicted octanol–water partition coefficient (Wildman–Crippen LogP) is 4.02. The van der Waals surface area contributed by atoms with Crippen molar-refractivity contribution in [2.45, 2.75) is 18.3 Å². The lowest BCUT2D eigenvalue weighted by molar-refractivity contribution is -0.274. The number of halogens is 3. The number of carboxylic acid groups (broad SMARTS) is 1. The molecule has 0 radical (unpaired) electrons. The molecule has 0 spiro atoms. The van der Waals surface area contributed by atoms with Crippen molar-refractivity contribution in [3.05, 3.63) is 83.8 Å². The van der Waals surface area contributed by atoms with Crippen LogP contribution in [0.1, 0.15) is 28.0 Å². The highest BCUT2D eigenvalue weighted by Gasteiger charge is 2.43. The van der Waals surface area contributed by atoms with E-state index in [0.717, 1.165) is 0 Å². The number of amides is 1. The number of benzene rings is 2. The van der Waals surface area contributed by atoms with Gasteiger partial charge in [0.05, 0.1) is 17.7 Å². The molecule has 1 aliphatic rings. The Morgan fingerprint density at radius 3 is 2.62 bits per heavy atom. The number of alkyl halides is 3. The number of nitrogens with one attached hydrogen (secondary N) is 1. The van der Waals surface area contributed by atoms with Gasteiger partial charge in [0.15, 0.2) is 0 Å². The standard InChI is InChI=1S/C24H19F3N4O3.CH2O2/c1-31-14-18-17(4-2-5-19(18)30-31)22(32)29-23(11-13-33-20-6-3-12-28-21(20)23)15-7-9-16(10-8-15)34-24(25,26)27;2-1-3/h2-10,12,14H,11,13H2,1H3,(H,29,32);1H,(H,2,3). The van der Waals surface area contributed by atoms with Crippen LogP contribution in [0.4, 0.5) is 13.2 Å². The van der Waals surface area contributed by atoms with Crippen molar-refractivity contribution in [1.29, 1.82) is 0 Å². The summed E-state index contributed by atoms with van der Waals surface area (Å²) in [6.07, 6.45) is -1.14. The Morgan fingerprint density at radius 1 is 1.19 bits per heavy atom. The van der Waals surface area contributed by atoms with Crippen molar-refractivity contribution in [3.8, 4) is 11.5 Å². The monoisotopic (exact) mass is 514 g/mol. The summed E-state index contributed by atoms with van der Waals surface area (Å²) in [5.41, 5.74) is 0.983. The van der Waals surface area contributed by atoms with Crippen LogP contribution in [-0.4, -0.2) is 45.2 Å². The first-order valence-electron chi connectivity index (χ1n) is 10.9. The van der Waals surface area contributed by atoms with Gasteiger partial charge in [0.25, 0.3) is 12.4 Å². The number of pyridine rings is 1. The van der Waals surface area contributed by atoms with E-state index in [4.69, 9.17) is 14.6 Å². The lowest BCUT2D eigenvalue weighted by atomic mass is 9.81. The second-order valence-corrected chi connectivity index (χ2v) is 8.03. The number of fused-ring (bicyclic) bond motifs is 2. The van der Waals surface area contributed by atoms with E-state index in [0.29, 0.717) is 39.9 Å². The molecule has 1 amide bonds. The van der Waals surface area contributed by atoms with Crippen LogP contribution in [-0.2, 0) is 17.4 Å². The maximum Gasteiger partial charge on any atom is 0.573 e. The predicted molar refractivity (Wildman–Crippen MR) is 125 cm³/mol. The van der Waals surface area contributed by atoms with Crippen LogP contribution < -0.4 is 14.8 Å². The molecule has 37 heavy (non-hydrogen) atoms. The zero-order valence-electron chi connectivity index (χ0n) is 19.4. The molecule has 0 fully saturated rings. The van der Waals surface area contributed by atoms with Crippen LogP contribution in [0.25, 0.3) is 10.9 Å². The van der Waals surface area contributed by atoms with Crippen molar-refractivity contribution in [1.82, 2.24) is 20.1 Å². The molecule has 9 nitrogen and oxygen atoms in total. The smallest absolute Gasteiger partial charge is 0.491 e. The third-order valence-corrected chi connectivity index (χ3v) is 5.73. The summed E-state index contributed by atoms with van der Waals surface area (Å²) in [4.78, 5) is 26.4. The molecule has 1 atom stereocenters. The quantitative estimate of drug-likeness (QED) is 0.395. The van der Waals surface area contributed by atoms with E-state index in [9.17, 15) is 18.0 Å². The average molecular weight is 514 g/mol. The summed E-state index contributed by atoms with van der Waals surface area (Å²) in [7, 11) is 1.77. The molecule has 5 rings (SSSR count). The molecule has 1 aliphatic heterocycles. The maximum absolute atomic E-state index is 13.6. The minimum absolute atomic E-state index is 0.250. The van der Waals surface area contributed by atoms with E-state index in [1.54, 1.807) is 48.4 Å². The first-order valence-corrected chi connectivity index (χ1v) is 10.9. The van der Waals surface area contributed by atoms with E-state index >= 15 is 0 Å². The van der Waals surface area contributed by atoms with E-state index in [2.05, 4.69) is 20.1 Å². The summed E-state index contributed by atoms with van der Waals surface area (Å²) < 4.78 is 49.3. The largest absolute Gasteiger partial charge is 0.573 e. The highest BCUT2D eigenvalue weighted by molar-refractivity contribution is 6.06. The zero-order chi connectivity index (χ0) is 26.6. The number of hydrogen-bond donors (Lipinski definition) is 2. The Hall–Kier alpha value is -4.61. The van der Waals surface area contributed by atoms with E-state index in [1.165, 1.54) is 24.3 Å². The molecular formula is C25H21F3N4O5. The average Bonchev–Trinajstić information content (AvgIpc) is 3.24. The Kier molecular flexibility index (Phi) is 7.00. The summed E-state index contributed by atoms with van der Waals surface area (Å²) in [5.74, 6) is -0.233. The number of aromatic nitrogens is 3. The minimum Gasteiger partial charge on any atom is -0.491 e. The summed E-state index contributed by atoms with van der Waals surface area (Å²) in [6, 6.07) is 14.1. The van der Waals surface area contributed by atoms with E-state index < -0.39 is 11.9 Å². The van der Waals surface area contributed by atoms with Gasteiger partial charge in [0, 0.05) is 31.2 Å². The van der Waals surface area contributed by atoms with Crippen molar-refractivity contribution in [2.75, 3.05) is 6.61 Å². The van der Waals surface area contributed by atoms with Gasteiger partial charge in [0.2, 0.25) is 0 Å². The SMILES string of the molecule is Cn1cc2c(C(=O)NC3(c4ccc(OC(F)(F)F)cc4)CCOc4cccnc43)cccc2n1.O=CO. The van der Waals surface area contributed by atoms with Crippen molar-refractivity contribution in [2.24, 2.45) is 7.05 Å². The molecule has 1 unspecified atom stereocenters. The van der Waals surface area contributed by atoms with E-state index in [-0.39, 0.29) is 24.7 Å². The van der Waals surface area contributed by atoms with Crippen LogP contribution in [0.5, 0.6) is 11.5 Å². The minimum atomic E-state index is -4.80. The fourth-order valence-electron chi connectivity index (χ4n) is 4.30. The fourth-order valence-corrected chi connectivity index (χ4v) is 4.30. The molecule has 192 valence electrons. The molecule has 3 heterocycles. The highest BCUT2D eigenvalue weighted by atomic mass is 19.4. The molecule has 12 heteroatoms. The number of hydrogen-bond acceptors (Lipinski definition) is 6. The lowest BCUT2D eigenvalue weighted by Crippen LogP contribution is -2.50. The molecule has 2 aromatic carbocycles. The third-order valence-electron chi connectivity index (χ3n) is 5.73. The van der Waals surface area contributed by atoms with Gasteiger partial charge in [-0.05, 0) is 42.0 Å². The highest BCUT2D eigenvalue weighted by Crippen LogP contribution is 2.41. The van der Waals surface area contributed by atoms with Crippen molar-refractivity contribution >= 4 is 23.3 Å². The lowest BCUT2D eigenvalue weighted by Gasteiger charge is -2.39. The van der Waals surface area contributed by atoms with Gasteiger partial charge in [-0.25, -0.2) is 0 Å². The number of nitrogens with zero attached hydrogens (tertiary/aromatic N) is 3. The molecule has 0 aliphatic carbocycles. The van der Waals surface area contributed by atoms with Gasteiger partial charge >= 0.3 is 6.36 Å². The van der Waals surface area contributed by atoms with Crippen LogP contribution in [0.2, 0.25) is 0 Å². The summed E-state index contributed by atoms with van der Waals surface area (Å²) in [5, 5.41) is 15.0. The number of aryl methyl sites for hydroxylation is 1. The second kappa shape index (κ2) is 10.2. The van der Waals surface area contributed by atoms with Crippen molar-refractivity contribution < 1.29 is 37.3 Å². The third kappa shape index (κ3) is 5.32. The second-order valence-electron chi connectivity index (χ2n) is 8.03. The van der Waals surface area contributed by atoms with Gasteiger partial charge < -0.3 is 19.9 Å². The zero-order valence-corrected chi connectivity index (χ0v) is 19.4. The summed E-state index contributed by atoms with van der Waals surface area (Å²) >= 11 is 0. The van der Waals surface area contributed by atoms with Crippen LogP contribution in [0.15, 0.2) is 67.0 Å². The topological polar surface area (TPSA) is 116 Å². The molecular weight excluding hydrogens is 493 g/mol. The summed E-state index contributed by atoms with van der Waals surface area (Å²) in [6.45, 7) is 0.0247. The molecule has 4 aromatic rings. The first kappa shape index (κ1) is 25.5. The van der Waals surface area contributed by atoms with E-state index in [1.807, 2.05) is 6.07 Å². The molecule has 2 N–H and O–H groups in total. The Labute approximate surface area is 208 Å². The molecule has 0 saturated carbocycles. The Balaban J connectivity index is 0.00000102. The molecule has 0 bridgehead atoms.